The first-order valence-corrected chi connectivity index (χ1v) is 7.86. The van der Waals surface area contributed by atoms with E-state index in [4.69, 9.17) is 22.7 Å². The maximum Gasteiger partial charge on any atom is 0.106 e. The minimum absolute atomic E-state index is 0.372. The fourth-order valence-corrected chi connectivity index (χ4v) is 3.66. The number of rotatable bonds is 2. The van der Waals surface area contributed by atoms with Gasteiger partial charge in [-0.15, -0.1) is 0 Å². The Morgan fingerprint density at radius 3 is 2.95 bits per heavy atom. The first kappa shape index (κ1) is 13.8. The van der Waals surface area contributed by atoms with Crippen LogP contribution in [0.15, 0.2) is 18.2 Å². The third-order valence-corrected chi connectivity index (χ3v) is 4.68. The first-order chi connectivity index (χ1) is 9.66. The van der Waals surface area contributed by atoms with E-state index < -0.39 is 0 Å². The lowest BCUT2D eigenvalue weighted by atomic mass is 9.89. The average Bonchev–Trinajstić information content (AvgIpc) is 2.46. The molecule has 0 radical (unpaired) electrons. The van der Waals surface area contributed by atoms with Crippen molar-refractivity contribution in [1.82, 2.24) is 0 Å². The van der Waals surface area contributed by atoms with Gasteiger partial charge in [-0.3, -0.25) is 0 Å². The maximum absolute atomic E-state index is 5.96. The van der Waals surface area contributed by atoms with Gasteiger partial charge in [0.1, 0.15) is 4.99 Å². The van der Waals surface area contributed by atoms with Gasteiger partial charge in [0.25, 0.3) is 0 Å². The summed E-state index contributed by atoms with van der Waals surface area (Å²) in [6.07, 6.45) is 5.32. The molecule has 1 heterocycles. The zero-order chi connectivity index (χ0) is 14.1. The Morgan fingerprint density at radius 1 is 1.35 bits per heavy atom. The molecule has 1 aliphatic carbocycles. The monoisotopic (exact) mass is 290 g/mol. The van der Waals surface area contributed by atoms with Crippen LogP contribution in [0.3, 0.4) is 0 Å². The molecule has 2 atom stereocenters. The van der Waals surface area contributed by atoms with E-state index in [-0.39, 0.29) is 0 Å². The molecule has 1 saturated carbocycles. The van der Waals surface area contributed by atoms with E-state index in [1.807, 2.05) is 0 Å². The van der Waals surface area contributed by atoms with Crippen molar-refractivity contribution in [2.24, 2.45) is 5.73 Å². The highest BCUT2D eigenvalue weighted by Gasteiger charge is 2.35. The molecule has 0 bridgehead atoms. The van der Waals surface area contributed by atoms with E-state index >= 15 is 0 Å². The second-order valence-electron chi connectivity index (χ2n) is 5.84. The Kier molecular flexibility index (Phi) is 3.94. The second-order valence-corrected chi connectivity index (χ2v) is 6.28. The number of hydrogen-bond acceptors (Lipinski definition) is 3. The second kappa shape index (κ2) is 5.70. The van der Waals surface area contributed by atoms with Crippen LogP contribution < -0.4 is 10.6 Å². The van der Waals surface area contributed by atoms with E-state index in [0.29, 0.717) is 17.1 Å². The van der Waals surface area contributed by atoms with Gasteiger partial charge in [-0.25, -0.2) is 0 Å². The third-order valence-electron chi connectivity index (χ3n) is 4.46. The van der Waals surface area contributed by atoms with Gasteiger partial charge in [0.15, 0.2) is 0 Å². The van der Waals surface area contributed by atoms with Crippen molar-refractivity contribution in [1.29, 1.82) is 0 Å². The molecule has 1 aromatic carbocycles. The van der Waals surface area contributed by atoms with E-state index in [2.05, 4.69) is 30.0 Å². The number of anilines is 1. The molecule has 3 nitrogen and oxygen atoms in total. The summed E-state index contributed by atoms with van der Waals surface area (Å²) in [7, 11) is 0. The van der Waals surface area contributed by atoms with Crippen molar-refractivity contribution in [2.75, 3.05) is 18.1 Å². The number of benzene rings is 1. The van der Waals surface area contributed by atoms with Gasteiger partial charge in [-0.2, -0.15) is 0 Å². The molecule has 0 aromatic heterocycles. The Labute approximate surface area is 126 Å². The van der Waals surface area contributed by atoms with Crippen molar-refractivity contribution in [3.8, 4) is 0 Å². The fraction of sp³-hybridized carbons (Fsp3) is 0.562. The lowest BCUT2D eigenvalue weighted by Gasteiger charge is -2.45. The maximum atomic E-state index is 5.96. The summed E-state index contributed by atoms with van der Waals surface area (Å²) >= 11 is 5.23. The molecule has 2 unspecified atom stereocenters. The van der Waals surface area contributed by atoms with Gasteiger partial charge in [0, 0.05) is 17.8 Å². The van der Waals surface area contributed by atoms with Crippen LogP contribution in [0.4, 0.5) is 5.69 Å². The van der Waals surface area contributed by atoms with E-state index in [0.717, 1.165) is 18.7 Å². The summed E-state index contributed by atoms with van der Waals surface area (Å²) in [5, 5.41) is 0. The summed E-state index contributed by atoms with van der Waals surface area (Å²) in [6.45, 7) is 3.84. The lowest BCUT2D eigenvalue weighted by molar-refractivity contribution is -0.00868. The number of fused-ring (bicyclic) bond motifs is 1. The molecule has 1 aliphatic heterocycles. The van der Waals surface area contributed by atoms with Crippen LogP contribution in [0.25, 0.3) is 0 Å². The minimum Gasteiger partial charge on any atom is -0.389 e. The average molecular weight is 290 g/mol. The van der Waals surface area contributed by atoms with Crippen molar-refractivity contribution >= 4 is 22.9 Å². The van der Waals surface area contributed by atoms with E-state index in [1.165, 1.54) is 36.9 Å². The number of nitrogens with two attached hydrogens (primary N) is 1. The van der Waals surface area contributed by atoms with Crippen LogP contribution in [0.5, 0.6) is 0 Å². The molecule has 1 aromatic rings. The SMILES string of the molecule is Cc1ccc(C(N)=S)c(N2CCOC3CCCCC32)c1. The molecule has 20 heavy (non-hydrogen) atoms. The van der Waals surface area contributed by atoms with Crippen molar-refractivity contribution in [2.45, 2.75) is 44.8 Å². The molecule has 4 heteroatoms. The summed E-state index contributed by atoms with van der Waals surface area (Å²) in [5.41, 5.74) is 9.35. The first-order valence-electron chi connectivity index (χ1n) is 7.45. The standard InChI is InChI=1S/C16H22N2OS/c1-11-6-7-12(16(17)20)14(10-11)18-8-9-19-15-5-3-2-4-13(15)18/h6-7,10,13,15H,2-5,8-9H2,1H3,(H2,17,20). The van der Waals surface area contributed by atoms with Gasteiger partial charge < -0.3 is 15.4 Å². The van der Waals surface area contributed by atoms with Crippen LogP contribution in [0.1, 0.15) is 36.8 Å². The Hall–Kier alpha value is -1.13. The van der Waals surface area contributed by atoms with Gasteiger partial charge in [-0.05, 0) is 37.5 Å². The number of ether oxygens (including phenoxy) is 1. The van der Waals surface area contributed by atoms with Gasteiger partial charge >= 0.3 is 0 Å². The molecular formula is C16H22N2OS. The van der Waals surface area contributed by atoms with Gasteiger partial charge in [0.05, 0.1) is 18.8 Å². The molecule has 0 spiro atoms. The molecule has 0 amide bonds. The quantitative estimate of drug-likeness (QED) is 0.850. The fourth-order valence-electron chi connectivity index (χ4n) is 3.48. The van der Waals surface area contributed by atoms with Crippen LogP contribution in [-0.2, 0) is 4.74 Å². The molecule has 108 valence electrons. The molecule has 2 N–H and O–H groups in total. The van der Waals surface area contributed by atoms with Crippen molar-refractivity contribution < 1.29 is 4.74 Å². The smallest absolute Gasteiger partial charge is 0.106 e. The van der Waals surface area contributed by atoms with Crippen molar-refractivity contribution in [3.05, 3.63) is 29.3 Å². The normalized spacial score (nSPS) is 26.1. The van der Waals surface area contributed by atoms with E-state index in [9.17, 15) is 0 Å². The van der Waals surface area contributed by atoms with Crippen molar-refractivity contribution in [3.63, 3.8) is 0 Å². The predicted octanol–water partition coefficient (Wildman–Crippen LogP) is 2.78. The molecule has 2 fully saturated rings. The van der Waals surface area contributed by atoms with Crippen LogP contribution >= 0.6 is 12.2 Å². The lowest BCUT2D eigenvalue weighted by Crippen LogP contribution is -2.53. The number of hydrogen-bond donors (Lipinski definition) is 1. The highest BCUT2D eigenvalue weighted by atomic mass is 32.1. The Morgan fingerprint density at radius 2 is 2.15 bits per heavy atom. The third kappa shape index (κ3) is 2.54. The highest BCUT2D eigenvalue weighted by molar-refractivity contribution is 7.80. The molecule has 1 saturated heterocycles. The molecule has 2 aliphatic rings. The largest absolute Gasteiger partial charge is 0.389 e. The van der Waals surface area contributed by atoms with Crippen LogP contribution in [0, 0.1) is 6.92 Å². The number of aryl methyl sites for hydroxylation is 1. The zero-order valence-corrected chi connectivity index (χ0v) is 12.8. The van der Waals surface area contributed by atoms with Gasteiger partial charge in [-0.1, -0.05) is 31.1 Å². The summed E-state index contributed by atoms with van der Waals surface area (Å²) in [6, 6.07) is 6.83. The summed E-state index contributed by atoms with van der Waals surface area (Å²) < 4.78 is 5.96. The van der Waals surface area contributed by atoms with Gasteiger partial charge in [0.2, 0.25) is 0 Å². The van der Waals surface area contributed by atoms with E-state index in [1.54, 1.807) is 0 Å². The summed E-state index contributed by atoms with van der Waals surface area (Å²) in [4.78, 5) is 2.97. The molecular weight excluding hydrogens is 268 g/mol. The summed E-state index contributed by atoms with van der Waals surface area (Å²) in [5.74, 6) is 0. The Bertz CT molecular complexity index is 515. The zero-order valence-electron chi connectivity index (χ0n) is 12.0. The molecule has 3 rings (SSSR count). The topological polar surface area (TPSA) is 38.5 Å². The minimum atomic E-state index is 0.372. The predicted molar refractivity (Wildman–Crippen MR) is 86.4 cm³/mol. The number of nitrogens with zero attached hydrogens (tertiary/aromatic N) is 1. The number of morpholine rings is 1. The Balaban J connectivity index is 1.98. The van der Waals surface area contributed by atoms with Crippen LogP contribution in [-0.4, -0.2) is 30.3 Å². The number of thiocarbonyl (C=S) groups is 1. The highest BCUT2D eigenvalue weighted by Crippen LogP contribution is 2.34. The van der Waals surface area contributed by atoms with Crippen LogP contribution in [0.2, 0.25) is 0 Å².